The van der Waals surface area contributed by atoms with Crippen molar-refractivity contribution < 1.29 is 18.1 Å². The Morgan fingerprint density at radius 2 is 1.71 bits per heavy atom. The molecule has 6 nitrogen and oxygen atoms in total. The van der Waals surface area contributed by atoms with Gasteiger partial charge < -0.3 is 5.11 Å². The molecule has 0 fully saturated rings. The third-order valence-corrected chi connectivity index (χ3v) is 4.52. The molecule has 3 rings (SSSR count). The highest BCUT2D eigenvalue weighted by atomic mass is 32.2. The van der Waals surface area contributed by atoms with Crippen molar-refractivity contribution in [2.75, 3.05) is 0 Å². The second-order valence-corrected chi connectivity index (χ2v) is 6.64. The second-order valence-electron chi connectivity index (χ2n) is 5.28. The van der Waals surface area contributed by atoms with Gasteiger partial charge in [-0.15, -0.1) is 5.11 Å². The number of phenols is 1. The average Bonchev–Trinajstić information content (AvgIpc) is 2.54. The van der Waals surface area contributed by atoms with Crippen LogP contribution in [0, 0.1) is 6.92 Å². The van der Waals surface area contributed by atoms with Crippen molar-refractivity contribution in [2.45, 2.75) is 11.8 Å². The van der Waals surface area contributed by atoms with Crippen molar-refractivity contribution in [2.24, 2.45) is 10.2 Å². The molecule has 0 aliphatic rings. The van der Waals surface area contributed by atoms with Crippen LogP contribution in [0.5, 0.6) is 5.75 Å². The molecule has 0 atom stereocenters. The van der Waals surface area contributed by atoms with Crippen LogP contribution in [0.4, 0.5) is 11.4 Å². The van der Waals surface area contributed by atoms with Crippen molar-refractivity contribution >= 4 is 32.3 Å². The number of aromatic hydroxyl groups is 1. The molecule has 0 aliphatic heterocycles. The van der Waals surface area contributed by atoms with E-state index in [0.29, 0.717) is 22.0 Å². The lowest BCUT2D eigenvalue weighted by Gasteiger charge is -2.06. The van der Waals surface area contributed by atoms with Gasteiger partial charge in [-0.25, -0.2) is 0 Å². The summed E-state index contributed by atoms with van der Waals surface area (Å²) in [6.07, 6.45) is 0. The summed E-state index contributed by atoms with van der Waals surface area (Å²) < 4.78 is 33.2. The van der Waals surface area contributed by atoms with E-state index in [1.54, 1.807) is 49.4 Å². The zero-order chi connectivity index (χ0) is 17.3. The largest absolute Gasteiger partial charge is 0.508 e. The van der Waals surface area contributed by atoms with E-state index >= 15 is 0 Å². The number of nitrogens with zero attached hydrogens (tertiary/aromatic N) is 2. The molecular weight excluding hydrogens is 328 g/mol. The molecule has 0 aromatic heterocycles. The summed E-state index contributed by atoms with van der Waals surface area (Å²) in [6.45, 7) is 1.72. The zero-order valence-corrected chi connectivity index (χ0v) is 13.5. The van der Waals surface area contributed by atoms with Crippen LogP contribution in [0.3, 0.4) is 0 Å². The number of hydrogen-bond acceptors (Lipinski definition) is 5. The van der Waals surface area contributed by atoms with E-state index in [9.17, 15) is 18.1 Å². The first kappa shape index (κ1) is 16.1. The predicted octanol–water partition coefficient (Wildman–Crippen LogP) is 4.52. The monoisotopic (exact) mass is 342 g/mol. The summed E-state index contributed by atoms with van der Waals surface area (Å²) in [5, 5.41) is 18.5. The minimum Gasteiger partial charge on any atom is -0.508 e. The number of hydrogen-bond donors (Lipinski definition) is 2. The third kappa shape index (κ3) is 3.12. The highest BCUT2D eigenvalue weighted by molar-refractivity contribution is 7.86. The maximum Gasteiger partial charge on any atom is 0.297 e. The summed E-state index contributed by atoms with van der Waals surface area (Å²) in [4.78, 5) is -0.278. The van der Waals surface area contributed by atoms with Gasteiger partial charge in [0.25, 0.3) is 10.1 Å². The topological polar surface area (TPSA) is 99.3 Å². The van der Waals surface area contributed by atoms with Crippen LogP contribution in [-0.4, -0.2) is 18.1 Å². The molecule has 0 radical (unpaired) electrons. The SMILES string of the molecule is Cc1cc(N=Nc2ccc3ccccc3c2S(=O)(=O)O)ccc1O. The van der Waals surface area contributed by atoms with Gasteiger partial charge >= 0.3 is 0 Å². The molecule has 0 spiro atoms. The minimum absolute atomic E-state index is 0.0435. The van der Waals surface area contributed by atoms with Crippen molar-refractivity contribution in [1.29, 1.82) is 0 Å². The fourth-order valence-electron chi connectivity index (χ4n) is 2.39. The Morgan fingerprint density at radius 1 is 0.958 bits per heavy atom. The minimum atomic E-state index is -4.47. The molecule has 0 bridgehead atoms. The maximum atomic E-state index is 11.8. The number of aryl methyl sites for hydroxylation is 1. The normalized spacial score (nSPS) is 12.1. The Kier molecular flexibility index (Phi) is 4.04. The van der Waals surface area contributed by atoms with Crippen LogP contribution < -0.4 is 0 Å². The lowest BCUT2D eigenvalue weighted by molar-refractivity contribution is 0.471. The van der Waals surface area contributed by atoms with Gasteiger partial charge in [-0.05, 0) is 42.1 Å². The highest BCUT2D eigenvalue weighted by Crippen LogP contribution is 2.33. The Hall–Kier alpha value is -2.77. The van der Waals surface area contributed by atoms with Crippen LogP contribution >= 0.6 is 0 Å². The quantitative estimate of drug-likeness (QED) is 0.540. The van der Waals surface area contributed by atoms with Crippen LogP contribution in [0.15, 0.2) is 69.7 Å². The van der Waals surface area contributed by atoms with E-state index < -0.39 is 10.1 Å². The molecule has 3 aromatic carbocycles. The van der Waals surface area contributed by atoms with E-state index in [1.807, 2.05) is 0 Å². The average molecular weight is 342 g/mol. The zero-order valence-electron chi connectivity index (χ0n) is 12.7. The van der Waals surface area contributed by atoms with Crippen LogP contribution in [0.1, 0.15) is 5.56 Å². The molecular formula is C17H14N2O4S. The van der Waals surface area contributed by atoms with Gasteiger partial charge in [0.05, 0.1) is 5.69 Å². The Morgan fingerprint density at radius 3 is 2.42 bits per heavy atom. The van der Waals surface area contributed by atoms with Crippen molar-refractivity contribution in [3.05, 3.63) is 60.2 Å². The predicted molar refractivity (Wildman–Crippen MR) is 90.8 cm³/mol. The standard InChI is InChI=1S/C17H14N2O4S/c1-11-10-13(7-9-16(11)20)18-19-15-8-6-12-4-2-3-5-14(12)17(15)24(21,22)23/h2-10,20H,1H3,(H,21,22,23). The van der Waals surface area contributed by atoms with E-state index in [0.717, 1.165) is 0 Å². The smallest absolute Gasteiger partial charge is 0.297 e. The van der Waals surface area contributed by atoms with Gasteiger partial charge in [0, 0.05) is 5.39 Å². The third-order valence-electron chi connectivity index (χ3n) is 3.57. The number of phenolic OH excluding ortho intramolecular Hbond substituents is 1. The first-order chi connectivity index (χ1) is 11.4. The molecule has 0 heterocycles. The Labute approximate surface area is 138 Å². The Balaban J connectivity index is 2.15. The van der Waals surface area contributed by atoms with E-state index in [1.165, 1.54) is 12.1 Å². The second kappa shape index (κ2) is 6.03. The van der Waals surface area contributed by atoms with Crippen molar-refractivity contribution in [3.63, 3.8) is 0 Å². The fraction of sp³-hybridized carbons (Fsp3) is 0.0588. The van der Waals surface area contributed by atoms with Crippen molar-refractivity contribution in [3.8, 4) is 5.75 Å². The summed E-state index contributed by atoms with van der Waals surface area (Å²) in [6, 6.07) is 14.7. The van der Waals surface area contributed by atoms with Crippen LogP contribution in [0.25, 0.3) is 10.8 Å². The van der Waals surface area contributed by atoms with Crippen LogP contribution in [0.2, 0.25) is 0 Å². The molecule has 7 heteroatoms. The molecule has 0 saturated carbocycles. The molecule has 0 unspecified atom stereocenters. The molecule has 122 valence electrons. The number of azo groups is 1. The fourth-order valence-corrected chi connectivity index (χ4v) is 3.23. The summed E-state index contributed by atoms with van der Waals surface area (Å²) >= 11 is 0. The number of rotatable bonds is 3. The first-order valence-corrected chi connectivity index (χ1v) is 8.51. The summed E-state index contributed by atoms with van der Waals surface area (Å²) in [7, 11) is -4.47. The Bertz CT molecular complexity index is 1060. The van der Waals surface area contributed by atoms with E-state index in [-0.39, 0.29) is 16.3 Å². The molecule has 2 N–H and O–H groups in total. The van der Waals surface area contributed by atoms with E-state index in [2.05, 4.69) is 10.2 Å². The molecule has 24 heavy (non-hydrogen) atoms. The highest BCUT2D eigenvalue weighted by Gasteiger charge is 2.19. The van der Waals surface area contributed by atoms with Gasteiger partial charge in [0.15, 0.2) is 0 Å². The maximum absolute atomic E-state index is 11.8. The lowest BCUT2D eigenvalue weighted by atomic mass is 10.1. The van der Waals surface area contributed by atoms with Gasteiger partial charge in [-0.2, -0.15) is 13.5 Å². The van der Waals surface area contributed by atoms with E-state index in [4.69, 9.17) is 0 Å². The van der Waals surface area contributed by atoms with Gasteiger partial charge in [0.2, 0.25) is 0 Å². The first-order valence-electron chi connectivity index (χ1n) is 7.07. The lowest BCUT2D eigenvalue weighted by Crippen LogP contribution is -1.99. The molecule has 0 aliphatic carbocycles. The number of fused-ring (bicyclic) bond motifs is 1. The van der Waals surface area contributed by atoms with Gasteiger partial charge in [0.1, 0.15) is 16.3 Å². The number of benzene rings is 3. The molecule has 0 saturated heterocycles. The van der Waals surface area contributed by atoms with Crippen molar-refractivity contribution in [1.82, 2.24) is 0 Å². The molecule has 0 amide bonds. The van der Waals surface area contributed by atoms with Crippen LogP contribution in [-0.2, 0) is 10.1 Å². The summed E-state index contributed by atoms with van der Waals surface area (Å²) in [5.74, 6) is 0.137. The molecule has 3 aromatic rings. The summed E-state index contributed by atoms with van der Waals surface area (Å²) in [5.41, 5.74) is 1.13. The van der Waals surface area contributed by atoms with Gasteiger partial charge in [-0.3, -0.25) is 4.55 Å². The van der Waals surface area contributed by atoms with Gasteiger partial charge in [-0.1, -0.05) is 30.3 Å².